The minimum Gasteiger partial charge on any atom is -0.486 e. The monoisotopic (exact) mass is 291 g/mol. The van der Waals surface area contributed by atoms with E-state index in [0.717, 1.165) is 32.5 Å². The molecular formula is C16H21NO4. The lowest BCUT2D eigenvalue weighted by Gasteiger charge is -2.18. The van der Waals surface area contributed by atoms with Crippen LogP contribution in [-0.4, -0.2) is 54.7 Å². The van der Waals surface area contributed by atoms with Crippen LogP contribution >= 0.6 is 0 Å². The maximum Gasteiger partial charge on any atom is 0.163 e. The van der Waals surface area contributed by atoms with E-state index in [9.17, 15) is 9.90 Å². The minimum atomic E-state index is -0.196. The zero-order chi connectivity index (χ0) is 14.7. The first kappa shape index (κ1) is 14.4. The highest BCUT2D eigenvalue weighted by atomic mass is 16.6. The summed E-state index contributed by atoms with van der Waals surface area (Å²) in [6, 6.07) is 5.38. The zero-order valence-corrected chi connectivity index (χ0v) is 12.1. The molecule has 1 N–H and O–H groups in total. The van der Waals surface area contributed by atoms with Gasteiger partial charge in [0.25, 0.3) is 0 Å². The summed E-state index contributed by atoms with van der Waals surface area (Å²) in [5.41, 5.74) is 0.681. The van der Waals surface area contributed by atoms with Gasteiger partial charge in [-0.25, -0.2) is 0 Å². The second-order valence-corrected chi connectivity index (χ2v) is 5.63. The molecular weight excluding hydrogens is 270 g/mol. The maximum atomic E-state index is 12.2. The van der Waals surface area contributed by atoms with Crippen LogP contribution in [-0.2, 0) is 0 Å². The van der Waals surface area contributed by atoms with Crippen LogP contribution in [0.4, 0.5) is 0 Å². The van der Waals surface area contributed by atoms with Crippen molar-refractivity contribution in [2.24, 2.45) is 0 Å². The van der Waals surface area contributed by atoms with Gasteiger partial charge in [0, 0.05) is 25.1 Å². The van der Waals surface area contributed by atoms with Crippen LogP contribution in [0.15, 0.2) is 18.2 Å². The number of benzene rings is 1. The average molecular weight is 291 g/mol. The Hall–Kier alpha value is -1.59. The summed E-state index contributed by atoms with van der Waals surface area (Å²) in [4.78, 5) is 14.4. The van der Waals surface area contributed by atoms with Crippen molar-refractivity contribution in [1.29, 1.82) is 0 Å². The molecule has 1 aromatic carbocycles. The number of aliphatic hydroxyl groups excluding tert-OH is 1. The number of β-amino-alcohol motifs (C(OH)–C–C–N with tert-alkyl or cyclic N) is 1. The summed E-state index contributed by atoms with van der Waals surface area (Å²) in [5, 5.41) is 9.46. The molecule has 114 valence electrons. The van der Waals surface area contributed by atoms with Crippen molar-refractivity contribution < 1.29 is 19.4 Å². The molecule has 0 unspecified atom stereocenters. The Morgan fingerprint density at radius 2 is 2.10 bits per heavy atom. The van der Waals surface area contributed by atoms with E-state index >= 15 is 0 Å². The van der Waals surface area contributed by atoms with Crippen molar-refractivity contribution in [3.8, 4) is 11.5 Å². The summed E-state index contributed by atoms with van der Waals surface area (Å²) >= 11 is 0. The SMILES string of the molecule is O=C(CCCN1CC[C@H](O)C1)c1ccc2c(c1)OCCO2. The molecule has 0 saturated carbocycles. The van der Waals surface area contributed by atoms with E-state index in [2.05, 4.69) is 4.90 Å². The van der Waals surface area contributed by atoms with Gasteiger partial charge in [0.2, 0.25) is 0 Å². The average Bonchev–Trinajstić information content (AvgIpc) is 2.92. The number of nitrogens with zero attached hydrogens (tertiary/aromatic N) is 1. The largest absolute Gasteiger partial charge is 0.486 e. The van der Waals surface area contributed by atoms with Crippen LogP contribution in [0.2, 0.25) is 0 Å². The van der Waals surface area contributed by atoms with Crippen molar-refractivity contribution in [3.05, 3.63) is 23.8 Å². The van der Waals surface area contributed by atoms with Crippen LogP contribution in [0.25, 0.3) is 0 Å². The fraction of sp³-hybridized carbons (Fsp3) is 0.562. The Bertz CT molecular complexity index is 517. The molecule has 1 atom stereocenters. The minimum absolute atomic E-state index is 0.131. The molecule has 2 heterocycles. The number of carbonyl (C=O) groups excluding carboxylic acids is 1. The second kappa shape index (κ2) is 6.45. The topological polar surface area (TPSA) is 59.0 Å². The number of carbonyl (C=O) groups is 1. The highest BCUT2D eigenvalue weighted by Crippen LogP contribution is 2.31. The van der Waals surface area contributed by atoms with Crippen molar-refractivity contribution >= 4 is 5.78 Å². The number of aliphatic hydroxyl groups is 1. The molecule has 1 fully saturated rings. The molecule has 0 bridgehead atoms. The van der Waals surface area contributed by atoms with Gasteiger partial charge in [0.05, 0.1) is 6.10 Å². The second-order valence-electron chi connectivity index (χ2n) is 5.63. The van der Waals surface area contributed by atoms with Crippen molar-refractivity contribution in [3.63, 3.8) is 0 Å². The van der Waals surface area contributed by atoms with E-state index in [1.807, 2.05) is 0 Å². The molecule has 2 aliphatic heterocycles. The first-order valence-electron chi connectivity index (χ1n) is 7.55. The van der Waals surface area contributed by atoms with Crippen molar-refractivity contribution in [1.82, 2.24) is 4.90 Å². The molecule has 2 aliphatic rings. The summed E-state index contributed by atoms with van der Waals surface area (Å²) in [5.74, 6) is 1.50. The normalized spacial score (nSPS) is 21.5. The number of hydrogen-bond acceptors (Lipinski definition) is 5. The van der Waals surface area contributed by atoms with E-state index in [1.54, 1.807) is 18.2 Å². The Balaban J connectivity index is 1.51. The third kappa shape index (κ3) is 3.54. The van der Waals surface area contributed by atoms with Crippen molar-refractivity contribution in [2.45, 2.75) is 25.4 Å². The highest BCUT2D eigenvalue weighted by molar-refractivity contribution is 5.96. The van der Waals surface area contributed by atoms with Gasteiger partial charge in [0.1, 0.15) is 13.2 Å². The van der Waals surface area contributed by atoms with Crippen LogP contribution in [0, 0.1) is 0 Å². The van der Waals surface area contributed by atoms with E-state index in [-0.39, 0.29) is 11.9 Å². The molecule has 0 radical (unpaired) electrons. The zero-order valence-electron chi connectivity index (χ0n) is 12.1. The summed E-state index contributed by atoms with van der Waals surface area (Å²) in [7, 11) is 0. The van der Waals surface area contributed by atoms with Gasteiger partial charge in [-0.2, -0.15) is 0 Å². The van der Waals surface area contributed by atoms with Gasteiger partial charge in [-0.3, -0.25) is 4.79 Å². The maximum absolute atomic E-state index is 12.2. The summed E-state index contributed by atoms with van der Waals surface area (Å²) in [6.45, 7) is 3.62. The van der Waals surface area contributed by atoms with E-state index < -0.39 is 0 Å². The quantitative estimate of drug-likeness (QED) is 0.833. The van der Waals surface area contributed by atoms with Gasteiger partial charge >= 0.3 is 0 Å². The first-order chi connectivity index (χ1) is 10.2. The van der Waals surface area contributed by atoms with Crippen LogP contribution < -0.4 is 9.47 Å². The van der Waals surface area contributed by atoms with Crippen LogP contribution in [0.3, 0.4) is 0 Å². The molecule has 0 spiro atoms. The highest BCUT2D eigenvalue weighted by Gasteiger charge is 2.20. The fourth-order valence-corrected chi connectivity index (χ4v) is 2.84. The Morgan fingerprint density at radius 3 is 2.86 bits per heavy atom. The Morgan fingerprint density at radius 1 is 1.29 bits per heavy atom. The van der Waals surface area contributed by atoms with E-state index in [4.69, 9.17) is 9.47 Å². The molecule has 21 heavy (non-hydrogen) atoms. The van der Waals surface area contributed by atoms with Gasteiger partial charge in [-0.05, 0) is 37.6 Å². The van der Waals surface area contributed by atoms with Gasteiger partial charge < -0.3 is 19.5 Å². The smallest absolute Gasteiger partial charge is 0.163 e. The number of likely N-dealkylation sites (tertiary alicyclic amines) is 1. The van der Waals surface area contributed by atoms with Gasteiger partial charge in [-0.15, -0.1) is 0 Å². The van der Waals surface area contributed by atoms with Gasteiger partial charge in [0.15, 0.2) is 17.3 Å². The van der Waals surface area contributed by atoms with Crippen molar-refractivity contribution in [2.75, 3.05) is 32.8 Å². The number of ketones is 1. The molecule has 0 amide bonds. The number of fused-ring (bicyclic) bond motifs is 1. The molecule has 5 nitrogen and oxygen atoms in total. The number of rotatable bonds is 5. The number of ether oxygens (including phenoxy) is 2. The molecule has 3 rings (SSSR count). The van der Waals surface area contributed by atoms with Gasteiger partial charge in [-0.1, -0.05) is 0 Å². The fourth-order valence-electron chi connectivity index (χ4n) is 2.84. The molecule has 1 saturated heterocycles. The predicted molar refractivity (Wildman–Crippen MR) is 78.1 cm³/mol. The van der Waals surface area contributed by atoms with E-state index in [1.165, 1.54) is 0 Å². The molecule has 5 heteroatoms. The summed E-state index contributed by atoms with van der Waals surface area (Å²) < 4.78 is 10.9. The first-order valence-corrected chi connectivity index (χ1v) is 7.55. The lowest BCUT2D eigenvalue weighted by Crippen LogP contribution is -2.23. The Kier molecular flexibility index (Phi) is 4.41. The molecule has 0 aromatic heterocycles. The third-order valence-electron chi connectivity index (χ3n) is 3.99. The molecule has 0 aliphatic carbocycles. The lowest BCUT2D eigenvalue weighted by molar-refractivity contribution is 0.0974. The van der Waals surface area contributed by atoms with Crippen LogP contribution in [0.1, 0.15) is 29.6 Å². The van der Waals surface area contributed by atoms with E-state index in [0.29, 0.717) is 36.7 Å². The van der Waals surface area contributed by atoms with Crippen LogP contribution in [0.5, 0.6) is 11.5 Å². The predicted octanol–water partition coefficient (Wildman–Crippen LogP) is 1.49. The lowest BCUT2D eigenvalue weighted by atomic mass is 10.1. The Labute approximate surface area is 124 Å². The summed E-state index contributed by atoms with van der Waals surface area (Å²) in [6.07, 6.45) is 1.99. The number of hydrogen-bond donors (Lipinski definition) is 1. The third-order valence-corrected chi connectivity index (χ3v) is 3.99. The standard InChI is InChI=1S/C16H21NO4/c18-13-5-7-17(11-13)6-1-2-14(19)12-3-4-15-16(10-12)21-9-8-20-15/h3-4,10,13,18H,1-2,5-9,11H2/t13-/m0/s1. The number of Topliss-reactive ketones (excluding diaryl/α,β-unsaturated/α-hetero) is 1. The molecule has 1 aromatic rings.